The fourth-order valence-electron chi connectivity index (χ4n) is 2.90. The van der Waals surface area contributed by atoms with Crippen LogP contribution >= 0.6 is 0 Å². The number of nitrogens with zero attached hydrogens (tertiary/aromatic N) is 5. The Morgan fingerprint density at radius 2 is 2.00 bits per heavy atom. The minimum Gasteiger partial charge on any atom is -0.345 e. The molecule has 1 N–H and O–H groups in total. The zero-order valence-corrected chi connectivity index (χ0v) is 14.8. The van der Waals surface area contributed by atoms with Crippen LogP contribution in [0, 0.1) is 0 Å². The van der Waals surface area contributed by atoms with Crippen LogP contribution in [0.25, 0.3) is 33.5 Å². The number of aryl methyl sites for hydroxylation is 1. The molecule has 1 aromatic carbocycles. The molecule has 130 valence electrons. The van der Waals surface area contributed by atoms with Gasteiger partial charge >= 0.3 is 0 Å². The molecule has 0 saturated heterocycles. The van der Waals surface area contributed by atoms with Crippen LogP contribution < -0.4 is 0 Å². The summed E-state index contributed by atoms with van der Waals surface area (Å²) in [7, 11) is 5.35. The van der Waals surface area contributed by atoms with Crippen LogP contribution in [0.3, 0.4) is 0 Å². The molecule has 7 heteroatoms. The fraction of sp³-hybridized carbons (Fsp3) is 0.158. The highest BCUT2D eigenvalue weighted by atomic mass is 16.2. The summed E-state index contributed by atoms with van der Waals surface area (Å²) in [6.45, 7) is 0. The Hall–Kier alpha value is -3.48. The van der Waals surface area contributed by atoms with E-state index >= 15 is 0 Å². The SMILES string of the molecule is CN(C)C(=O)c1cccc(-c2ccc3c(-c4cnn(C)c4)[nH]nc3n2)c1. The van der Waals surface area contributed by atoms with E-state index in [2.05, 4.69) is 20.3 Å². The van der Waals surface area contributed by atoms with Crippen molar-refractivity contribution in [3.63, 3.8) is 0 Å². The number of H-pyrrole nitrogens is 1. The molecule has 0 aliphatic heterocycles. The number of rotatable bonds is 3. The third-order valence-corrected chi connectivity index (χ3v) is 4.22. The van der Waals surface area contributed by atoms with E-state index in [1.165, 1.54) is 0 Å². The quantitative estimate of drug-likeness (QED) is 0.618. The van der Waals surface area contributed by atoms with Crippen LogP contribution in [-0.4, -0.2) is 49.9 Å². The summed E-state index contributed by atoms with van der Waals surface area (Å²) >= 11 is 0. The highest BCUT2D eigenvalue weighted by Gasteiger charge is 2.13. The molecule has 0 aliphatic rings. The highest BCUT2D eigenvalue weighted by molar-refractivity contribution is 5.95. The van der Waals surface area contributed by atoms with Gasteiger partial charge in [0.15, 0.2) is 5.65 Å². The first-order valence-corrected chi connectivity index (χ1v) is 8.19. The van der Waals surface area contributed by atoms with E-state index in [-0.39, 0.29) is 5.91 Å². The van der Waals surface area contributed by atoms with Crippen LogP contribution in [0.5, 0.6) is 0 Å². The number of carbonyl (C=O) groups is 1. The molecule has 4 rings (SSSR count). The van der Waals surface area contributed by atoms with Crippen molar-refractivity contribution in [1.82, 2.24) is 29.9 Å². The number of nitrogens with one attached hydrogen (secondary N) is 1. The van der Waals surface area contributed by atoms with Crippen molar-refractivity contribution < 1.29 is 4.79 Å². The Bertz CT molecular complexity index is 1110. The maximum absolute atomic E-state index is 12.2. The van der Waals surface area contributed by atoms with E-state index in [4.69, 9.17) is 0 Å². The van der Waals surface area contributed by atoms with Gasteiger partial charge in [-0.15, -0.1) is 0 Å². The topological polar surface area (TPSA) is 79.7 Å². The molecule has 3 aromatic heterocycles. The highest BCUT2D eigenvalue weighted by Crippen LogP contribution is 2.27. The van der Waals surface area contributed by atoms with Crippen molar-refractivity contribution in [1.29, 1.82) is 0 Å². The molecular formula is C19H18N6O. The largest absolute Gasteiger partial charge is 0.345 e. The zero-order valence-electron chi connectivity index (χ0n) is 14.8. The van der Waals surface area contributed by atoms with Crippen LogP contribution in [0.1, 0.15) is 10.4 Å². The normalized spacial score (nSPS) is 11.0. The number of amides is 1. The van der Waals surface area contributed by atoms with Crippen molar-refractivity contribution in [3.8, 4) is 22.5 Å². The lowest BCUT2D eigenvalue weighted by Gasteiger charge is -2.11. The molecule has 0 unspecified atom stereocenters. The molecule has 0 atom stereocenters. The Morgan fingerprint density at radius 1 is 1.15 bits per heavy atom. The van der Waals surface area contributed by atoms with Gasteiger partial charge in [-0.3, -0.25) is 14.6 Å². The summed E-state index contributed by atoms with van der Waals surface area (Å²) < 4.78 is 1.75. The first-order valence-electron chi connectivity index (χ1n) is 8.19. The van der Waals surface area contributed by atoms with E-state index in [0.717, 1.165) is 27.9 Å². The third kappa shape index (κ3) is 2.73. The van der Waals surface area contributed by atoms with Crippen LogP contribution in [0.15, 0.2) is 48.8 Å². The second-order valence-electron chi connectivity index (χ2n) is 6.35. The molecule has 0 aliphatic carbocycles. The first-order chi connectivity index (χ1) is 12.5. The lowest BCUT2D eigenvalue weighted by molar-refractivity contribution is 0.0827. The number of aromatic amines is 1. The molecule has 26 heavy (non-hydrogen) atoms. The van der Waals surface area contributed by atoms with Gasteiger partial charge in [0, 0.05) is 49.4 Å². The molecule has 0 radical (unpaired) electrons. The van der Waals surface area contributed by atoms with E-state index in [1.807, 2.05) is 43.6 Å². The minimum absolute atomic E-state index is 0.0356. The monoisotopic (exact) mass is 346 g/mol. The number of fused-ring (bicyclic) bond motifs is 1. The number of benzene rings is 1. The number of hydrogen-bond acceptors (Lipinski definition) is 4. The van der Waals surface area contributed by atoms with Gasteiger partial charge in [-0.1, -0.05) is 12.1 Å². The summed E-state index contributed by atoms with van der Waals surface area (Å²) in [5, 5.41) is 12.5. The predicted molar refractivity (Wildman–Crippen MR) is 99.5 cm³/mol. The maximum Gasteiger partial charge on any atom is 0.253 e. The molecule has 4 aromatic rings. The van der Waals surface area contributed by atoms with Gasteiger partial charge in [-0.25, -0.2) is 4.98 Å². The Kier molecular flexibility index (Phi) is 3.76. The molecular weight excluding hydrogens is 328 g/mol. The summed E-state index contributed by atoms with van der Waals surface area (Å²) in [6, 6.07) is 11.4. The summed E-state index contributed by atoms with van der Waals surface area (Å²) in [6.07, 6.45) is 3.72. The third-order valence-electron chi connectivity index (χ3n) is 4.22. The Balaban J connectivity index is 1.75. The van der Waals surface area contributed by atoms with Gasteiger partial charge in [-0.2, -0.15) is 10.2 Å². The van der Waals surface area contributed by atoms with Gasteiger partial charge in [0.25, 0.3) is 5.91 Å². The van der Waals surface area contributed by atoms with Gasteiger partial charge in [-0.05, 0) is 24.3 Å². The maximum atomic E-state index is 12.2. The number of aromatic nitrogens is 5. The van der Waals surface area contributed by atoms with E-state index in [1.54, 1.807) is 35.9 Å². The predicted octanol–water partition coefficient (Wildman–Crippen LogP) is 2.73. The van der Waals surface area contributed by atoms with Crippen LogP contribution in [0.2, 0.25) is 0 Å². The smallest absolute Gasteiger partial charge is 0.253 e. The lowest BCUT2D eigenvalue weighted by Crippen LogP contribution is -2.21. The fourth-order valence-corrected chi connectivity index (χ4v) is 2.90. The first kappa shape index (κ1) is 16.0. The van der Waals surface area contributed by atoms with E-state index in [9.17, 15) is 4.79 Å². The average Bonchev–Trinajstić information content (AvgIpc) is 3.26. The average molecular weight is 346 g/mol. The zero-order chi connectivity index (χ0) is 18.3. The molecule has 0 saturated carbocycles. The van der Waals surface area contributed by atoms with E-state index < -0.39 is 0 Å². The molecule has 1 amide bonds. The van der Waals surface area contributed by atoms with Gasteiger partial charge < -0.3 is 4.90 Å². The van der Waals surface area contributed by atoms with E-state index in [0.29, 0.717) is 11.2 Å². The van der Waals surface area contributed by atoms with Crippen molar-refractivity contribution in [3.05, 3.63) is 54.4 Å². The number of carbonyl (C=O) groups excluding carboxylic acids is 1. The van der Waals surface area contributed by atoms with Crippen molar-refractivity contribution >= 4 is 16.9 Å². The Morgan fingerprint density at radius 3 is 2.73 bits per heavy atom. The second-order valence-corrected chi connectivity index (χ2v) is 6.35. The molecule has 0 fully saturated rings. The number of hydrogen-bond donors (Lipinski definition) is 1. The summed E-state index contributed by atoms with van der Waals surface area (Å²) in [5.41, 5.74) is 4.77. The van der Waals surface area contributed by atoms with Gasteiger partial charge in [0.1, 0.15) is 0 Å². The summed E-state index contributed by atoms with van der Waals surface area (Å²) in [4.78, 5) is 18.4. The second kappa shape index (κ2) is 6.11. The molecule has 0 spiro atoms. The molecule has 7 nitrogen and oxygen atoms in total. The molecule has 3 heterocycles. The van der Waals surface area contributed by atoms with Gasteiger partial charge in [0.05, 0.1) is 17.6 Å². The van der Waals surface area contributed by atoms with Crippen LogP contribution in [-0.2, 0) is 7.05 Å². The summed E-state index contributed by atoms with van der Waals surface area (Å²) in [5.74, 6) is -0.0356. The van der Waals surface area contributed by atoms with Gasteiger partial charge in [0.2, 0.25) is 0 Å². The Labute approximate surface area is 150 Å². The van der Waals surface area contributed by atoms with Crippen molar-refractivity contribution in [2.75, 3.05) is 14.1 Å². The van der Waals surface area contributed by atoms with Crippen molar-refractivity contribution in [2.45, 2.75) is 0 Å². The van der Waals surface area contributed by atoms with Crippen molar-refractivity contribution in [2.24, 2.45) is 7.05 Å². The minimum atomic E-state index is -0.0356. The molecule has 0 bridgehead atoms. The lowest BCUT2D eigenvalue weighted by atomic mass is 10.1. The van der Waals surface area contributed by atoms with Crippen LogP contribution in [0.4, 0.5) is 0 Å². The number of pyridine rings is 1. The standard InChI is InChI=1S/C19H18N6O/c1-24(2)19(26)13-6-4-5-12(9-13)16-8-7-15-17(22-23-18(15)21-16)14-10-20-25(3)11-14/h4-11H,1-3H3,(H,21,22,23).